The van der Waals surface area contributed by atoms with E-state index in [-0.39, 0.29) is 5.91 Å². The number of carbonyl (C=O) groups is 1. The topological polar surface area (TPSA) is 98.1 Å². The third kappa shape index (κ3) is 6.36. The Morgan fingerprint density at radius 1 is 0.767 bits per heavy atom. The van der Waals surface area contributed by atoms with Crippen LogP contribution in [-0.2, 0) is 19.5 Å². The van der Waals surface area contributed by atoms with Crippen molar-refractivity contribution in [3.05, 3.63) is 155 Å². The first-order valence-electron chi connectivity index (χ1n) is 14.1. The van der Waals surface area contributed by atoms with Gasteiger partial charge in [0.1, 0.15) is 17.3 Å². The van der Waals surface area contributed by atoms with Crippen molar-refractivity contribution in [3.63, 3.8) is 0 Å². The number of hydrogen-bond donors (Lipinski definition) is 1. The highest BCUT2D eigenvalue weighted by atomic mass is 16.5. The number of benzene rings is 4. The number of nitrogens with zero attached hydrogens (tertiary/aromatic N) is 4. The van der Waals surface area contributed by atoms with Crippen molar-refractivity contribution in [2.45, 2.75) is 26.4 Å². The van der Waals surface area contributed by atoms with Crippen molar-refractivity contribution in [2.24, 2.45) is 0 Å². The van der Waals surface area contributed by atoms with Crippen LogP contribution in [0, 0.1) is 6.92 Å². The van der Waals surface area contributed by atoms with Gasteiger partial charge < -0.3 is 15.2 Å². The molecule has 4 aromatic carbocycles. The van der Waals surface area contributed by atoms with Crippen LogP contribution in [0.3, 0.4) is 0 Å². The molecule has 0 unspecified atom stereocenters. The molecule has 212 valence electrons. The Balaban J connectivity index is 1.29. The van der Waals surface area contributed by atoms with Gasteiger partial charge in [0.05, 0.1) is 6.54 Å². The largest absolute Gasteiger partial charge is 0.383 e. The van der Waals surface area contributed by atoms with E-state index in [4.69, 9.17) is 10.3 Å². The van der Waals surface area contributed by atoms with Gasteiger partial charge in [0.2, 0.25) is 0 Å². The van der Waals surface area contributed by atoms with E-state index in [1.165, 1.54) is 0 Å². The molecule has 2 aromatic heterocycles. The molecule has 1 amide bonds. The van der Waals surface area contributed by atoms with Crippen LogP contribution < -0.4 is 5.73 Å². The van der Waals surface area contributed by atoms with E-state index >= 15 is 0 Å². The lowest BCUT2D eigenvalue weighted by Gasteiger charge is -2.24. The lowest BCUT2D eigenvalue weighted by molar-refractivity contribution is 0.0730. The van der Waals surface area contributed by atoms with Crippen LogP contribution in [0.1, 0.15) is 38.4 Å². The van der Waals surface area contributed by atoms with Gasteiger partial charge in [0, 0.05) is 47.0 Å². The maximum absolute atomic E-state index is 13.9. The van der Waals surface area contributed by atoms with Crippen LogP contribution in [-0.4, -0.2) is 25.9 Å². The lowest BCUT2D eigenvalue weighted by Crippen LogP contribution is -2.30. The van der Waals surface area contributed by atoms with E-state index in [1.807, 2.05) is 115 Å². The fourth-order valence-corrected chi connectivity index (χ4v) is 5.11. The number of nitrogen functional groups attached to an aromatic ring is 1. The summed E-state index contributed by atoms with van der Waals surface area (Å²) < 4.78 is 5.90. The van der Waals surface area contributed by atoms with Gasteiger partial charge in [-0.3, -0.25) is 4.79 Å². The van der Waals surface area contributed by atoms with Gasteiger partial charge in [-0.25, -0.2) is 9.97 Å². The average molecular weight is 566 g/mol. The Bertz CT molecular complexity index is 1760. The maximum Gasteiger partial charge on any atom is 0.254 e. The molecule has 0 aliphatic heterocycles. The monoisotopic (exact) mass is 565 g/mol. The Hall–Kier alpha value is -5.56. The third-order valence-corrected chi connectivity index (χ3v) is 7.34. The summed E-state index contributed by atoms with van der Waals surface area (Å²) in [6.07, 6.45) is 2.29. The Morgan fingerprint density at radius 3 is 2.05 bits per heavy atom. The average Bonchev–Trinajstić information content (AvgIpc) is 3.46. The van der Waals surface area contributed by atoms with Crippen LogP contribution in [0.4, 0.5) is 5.82 Å². The molecule has 0 fully saturated rings. The number of anilines is 1. The molecule has 7 heteroatoms. The van der Waals surface area contributed by atoms with Gasteiger partial charge in [-0.15, -0.1) is 0 Å². The van der Waals surface area contributed by atoms with Crippen molar-refractivity contribution < 1.29 is 9.32 Å². The Kier molecular flexibility index (Phi) is 8.04. The molecule has 0 radical (unpaired) electrons. The lowest BCUT2D eigenvalue weighted by atomic mass is 9.96. The molecule has 7 nitrogen and oxygen atoms in total. The second-order valence-electron chi connectivity index (χ2n) is 10.4. The van der Waals surface area contributed by atoms with Crippen molar-refractivity contribution in [1.82, 2.24) is 20.0 Å². The van der Waals surface area contributed by atoms with E-state index in [0.29, 0.717) is 42.3 Å². The molecule has 0 aliphatic carbocycles. The highest BCUT2D eigenvalue weighted by Crippen LogP contribution is 2.34. The van der Waals surface area contributed by atoms with Crippen LogP contribution >= 0.6 is 0 Å². The molecule has 2 heterocycles. The van der Waals surface area contributed by atoms with Gasteiger partial charge in [0.15, 0.2) is 5.76 Å². The second-order valence-corrected chi connectivity index (χ2v) is 10.4. The number of aryl methyl sites for hydroxylation is 1. The van der Waals surface area contributed by atoms with Crippen LogP contribution in [0.5, 0.6) is 0 Å². The third-order valence-electron chi connectivity index (χ3n) is 7.34. The first-order chi connectivity index (χ1) is 21.0. The first kappa shape index (κ1) is 27.6. The van der Waals surface area contributed by atoms with Crippen LogP contribution in [0.25, 0.3) is 22.6 Å². The minimum absolute atomic E-state index is 0.102. The molecule has 43 heavy (non-hydrogen) atoms. The van der Waals surface area contributed by atoms with E-state index in [0.717, 1.165) is 39.3 Å². The summed E-state index contributed by atoms with van der Waals surface area (Å²) in [6.45, 7) is 2.51. The summed E-state index contributed by atoms with van der Waals surface area (Å²) in [5.41, 5.74) is 13.3. The number of hydrogen-bond acceptors (Lipinski definition) is 6. The van der Waals surface area contributed by atoms with E-state index in [1.54, 1.807) is 18.0 Å². The standard InChI is InChI=1S/C36H31N5O2/c1-25-38-22-31(35(37)39-25)24-41(23-27-11-5-2-6-12-27)36(42)30-19-17-26(18-20-30)21-32-33(28-13-7-3-8-14-28)40-43-34(32)29-15-9-4-10-16-29/h2-20,22H,21,23-24H2,1H3,(H2,37,38,39). The summed E-state index contributed by atoms with van der Waals surface area (Å²) in [6, 6.07) is 37.7. The predicted molar refractivity (Wildman–Crippen MR) is 168 cm³/mol. The quantitative estimate of drug-likeness (QED) is 0.200. The smallest absolute Gasteiger partial charge is 0.254 e. The molecular weight excluding hydrogens is 534 g/mol. The second kappa shape index (κ2) is 12.5. The zero-order chi connectivity index (χ0) is 29.6. The minimum atomic E-state index is -0.102. The van der Waals surface area contributed by atoms with Crippen LogP contribution in [0.2, 0.25) is 0 Å². The van der Waals surface area contributed by atoms with Gasteiger partial charge in [-0.05, 0) is 30.2 Å². The highest BCUT2D eigenvalue weighted by Gasteiger charge is 2.21. The zero-order valence-corrected chi connectivity index (χ0v) is 23.9. The Labute approximate surface area is 250 Å². The maximum atomic E-state index is 13.9. The molecule has 0 saturated heterocycles. The number of carbonyl (C=O) groups excluding carboxylic acids is 1. The molecule has 0 atom stereocenters. The van der Waals surface area contributed by atoms with E-state index in [2.05, 4.69) is 15.1 Å². The minimum Gasteiger partial charge on any atom is -0.383 e. The molecule has 0 saturated carbocycles. The number of rotatable bonds is 9. The SMILES string of the molecule is Cc1ncc(CN(Cc2ccccc2)C(=O)c2ccc(Cc3c(-c4ccccc4)noc3-c3ccccc3)cc2)c(N)n1. The summed E-state index contributed by atoms with van der Waals surface area (Å²) in [7, 11) is 0. The summed E-state index contributed by atoms with van der Waals surface area (Å²) >= 11 is 0. The molecule has 6 rings (SSSR count). The number of aromatic nitrogens is 3. The molecule has 0 spiro atoms. The summed E-state index contributed by atoms with van der Waals surface area (Å²) in [4.78, 5) is 24.2. The fourth-order valence-electron chi connectivity index (χ4n) is 5.11. The number of nitrogens with two attached hydrogens (primary N) is 1. The normalized spacial score (nSPS) is 10.9. The van der Waals surface area contributed by atoms with Gasteiger partial charge in [-0.1, -0.05) is 108 Å². The molecule has 0 aliphatic rings. The van der Waals surface area contributed by atoms with Crippen LogP contribution in [0.15, 0.2) is 126 Å². The predicted octanol–water partition coefficient (Wildman–Crippen LogP) is 7.12. The van der Waals surface area contributed by atoms with E-state index in [9.17, 15) is 4.79 Å². The molecular formula is C36H31N5O2. The van der Waals surface area contributed by atoms with Crippen molar-refractivity contribution >= 4 is 11.7 Å². The number of amides is 1. The highest BCUT2D eigenvalue weighted by molar-refractivity contribution is 5.94. The van der Waals surface area contributed by atoms with Gasteiger partial charge in [0.25, 0.3) is 5.91 Å². The van der Waals surface area contributed by atoms with Crippen molar-refractivity contribution in [2.75, 3.05) is 5.73 Å². The van der Waals surface area contributed by atoms with Crippen molar-refractivity contribution in [1.29, 1.82) is 0 Å². The molecule has 6 aromatic rings. The van der Waals surface area contributed by atoms with Gasteiger partial charge in [-0.2, -0.15) is 0 Å². The van der Waals surface area contributed by atoms with Gasteiger partial charge >= 0.3 is 0 Å². The first-order valence-corrected chi connectivity index (χ1v) is 14.1. The summed E-state index contributed by atoms with van der Waals surface area (Å²) in [5, 5.41) is 4.46. The fraction of sp³-hybridized carbons (Fsp3) is 0.111. The summed E-state index contributed by atoms with van der Waals surface area (Å²) in [5.74, 6) is 1.61. The Morgan fingerprint density at radius 2 is 1.40 bits per heavy atom. The molecule has 2 N–H and O–H groups in total. The molecule has 0 bridgehead atoms. The van der Waals surface area contributed by atoms with Crippen molar-refractivity contribution in [3.8, 4) is 22.6 Å². The van der Waals surface area contributed by atoms with E-state index < -0.39 is 0 Å². The zero-order valence-electron chi connectivity index (χ0n) is 23.9.